The number of halogens is 1. The van der Waals surface area contributed by atoms with Gasteiger partial charge in [0.25, 0.3) is 5.91 Å². The molecule has 2 amide bonds. The molecule has 0 saturated carbocycles. The highest BCUT2D eigenvalue weighted by molar-refractivity contribution is 6.43. The van der Waals surface area contributed by atoms with Crippen molar-refractivity contribution >= 4 is 18.9 Å². The molecule has 1 saturated heterocycles. The molecule has 1 heterocycles. The molecule has 0 unspecified atom stereocenters. The average molecular weight is 338 g/mol. The highest BCUT2D eigenvalue weighted by Gasteiger charge is 2.38. The van der Waals surface area contributed by atoms with Crippen molar-refractivity contribution in [2.75, 3.05) is 13.4 Å². The molecule has 0 spiro atoms. The summed E-state index contributed by atoms with van der Waals surface area (Å²) in [6.07, 6.45) is 1.18. The van der Waals surface area contributed by atoms with Gasteiger partial charge in [0, 0.05) is 12.1 Å². The summed E-state index contributed by atoms with van der Waals surface area (Å²) in [5.41, 5.74) is 0.237. The topological polar surface area (TPSA) is 99.1 Å². The number of rotatable bonds is 6. The van der Waals surface area contributed by atoms with Gasteiger partial charge in [0.15, 0.2) is 0 Å². The van der Waals surface area contributed by atoms with Gasteiger partial charge in [0.2, 0.25) is 12.8 Å². The lowest BCUT2D eigenvalue weighted by molar-refractivity contribution is -0.132. The molecule has 0 bridgehead atoms. The molecule has 1 aromatic rings. The zero-order chi connectivity index (χ0) is 17.7. The zero-order valence-corrected chi connectivity index (χ0v) is 13.3. The van der Waals surface area contributed by atoms with Gasteiger partial charge in [-0.3, -0.25) is 9.59 Å². The number of benzene rings is 1. The van der Waals surface area contributed by atoms with E-state index in [9.17, 15) is 24.0 Å². The van der Waals surface area contributed by atoms with Gasteiger partial charge in [-0.25, -0.2) is 4.39 Å². The second-order valence-electron chi connectivity index (χ2n) is 5.63. The number of nitrogens with one attached hydrogen (secondary N) is 1. The van der Waals surface area contributed by atoms with Crippen molar-refractivity contribution in [3.8, 4) is 5.75 Å². The van der Waals surface area contributed by atoms with Crippen molar-refractivity contribution in [1.29, 1.82) is 0 Å². The van der Waals surface area contributed by atoms with Crippen LogP contribution in [-0.4, -0.2) is 59.3 Å². The number of hydrogen-bond acceptors (Lipinski definition) is 5. The van der Waals surface area contributed by atoms with Crippen molar-refractivity contribution < 1.29 is 28.8 Å². The molecule has 3 N–H and O–H groups in total. The Labute approximate surface area is 139 Å². The van der Waals surface area contributed by atoms with Crippen LogP contribution in [0, 0.1) is 0 Å². The minimum Gasteiger partial charge on any atom is -0.463 e. The first kappa shape index (κ1) is 18.2. The van der Waals surface area contributed by atoms with Gasteiger partial charge in [0.05, 0.1) is 5.94 Å². The van der Waals surface area contributed by atoms with Crippen molar-refractivity contribution in [2.24, 2.45) is 0 Å². The fraction of sp³-hybridized carbons (Fsp3) is 0.467. The monoisotopic (exact) mass is 338 g/mol. The van der Waals surface area contributed by atoms with Gasteiger partial charge >= 0.3 is 7.12 Å². The van der Waals surface area contributed by atoms with Crippen LogP contribution in [-0.2, 0) is 4.79 Å². The van der Waals surface area contributed by atoms with Crippen molar-refractivity contribution in [1.82, 2.24) is 10.2 Å². The third kappa shape index (κ3) is 4.24. The minimum atomic E-state index is -1.60. The number of carbonyl (C=O) groups excluding carboxylic acids is 2. The third-order valence-electron chi connectivity index (χ3n) is 3.96. The Bertz CT molecular complexity index is 601. The van der Waals surface area contributed by atoms with Crippen molar-refractivity contribution in [3.63, 3.8) is 0 Å². The highest BCUT2D eigenvalue weighted by Crippen LogP contribution is 2.19. The number of ether oxygens (including phenoxy) is 1. The summed E-state index contributed by atoms with van der Waals surface area (Å²) >= 11 is 0. The predicted octanol–water partition coefficient (Wildman–Crippen LogP) is 0.114. The molecule has 1 fully saturated rings. The quantitative estimate of drug-likeness (QED) is 0.640. The van der Waals surface area contributed by atoms with E-state index in [1.807, 2.05) is 0 Å². The van der Waals surface area contributed by atoms with E-state index in [1.54, 1.807) is 6.07 Å². The summed E-state index contributed by atoms with van der Waals surface area (Å²) in [4.78, 5) is 26.0. The number of amides is 2. The molecule has 7 nitrogen and oxygen atoms in total. The summed E-state index contributed by atoms with van der Waals surface area (Å²) in [6, 6.07) is 5.13. The van der Waals surface area contributed by atoms with E-state index in [1.165, 1.54) is 30.0 Å². The fourth-order valence-corrected chi connectivity index (χ4v) is 2.76. The number of nitrogens with zero attached hydrogens (tertiary/aromatic N) is 1. The van der Waals surface area contributed by atoms with E-state index in [-0.39, 0.29) is 17.2 Å². The zero-order valence-electron chi connectivity index (χ0n) is 13.3. The lowest BCUT2D eigenvalue weighted by atomic mass is 9.78. The normalized spacial score (nSPS) is 18.2. The highest BCUT2D eigenvalue weighted by atomic mass is 19.1. The average Bonchev–Trinajstić information content (AvgIpc) is 3.04. The number of alkyl halides is 1. The van der Waals surface area contributed by atoms with Crippen LogP contribution in [0.25, 0.3) is 0 Å². The van der Waals surface area contributed by atoms with Crippen molar-refractivity contribution in [2.45, 2.75) is 31.7 Å². The molecule has 2 atom stereocenters. The van der Waals surface area contributed by atoms with Crippen LogP contribution in [0.2, 0.25) is 0 Å². The number of likely N-dealkylation sites (tertiary alicyclic amines) is 1. The molecule has 130 valence electrons. The first-order valence-electron chi connectivity index (χ1n) is 7.70. The molecule has 1 aliphatic rings. The Balaban J connectivity index is 2.00. The fourth-order valence-electron chi connectivity index (χ4n) is 2.76. The molecular formula is C15H20BFN2O5. The van der Waals surface area contributed by atoms with Gasteiger partial charge in [-0.05, 0) is 38.0 Å². The maximum Gasteiger partial charge on any atom is 0.475 e. The van der Waals surface area contributed by atoms with Gasteiger partial charge < -0.3 is 25.0 Å². The standard InChI is InChI=1S/C15H20BFN2O5/c1-10(15(21)19-7-3-6-13(19)16(22)23)18-14(20)11-4-2-5-12(8-11)24-9-17/h2,4-5,8,10,13,22-23H,3,6-7,9H2,1H3,(H,18,20)/t10-,13+/m1/s1. The summed E-state index contributed by atoms with van der Waals surface area (Å²) in [6.45, 7) is 0.947. The second-order valence-corrected chi connectivity index (χ2v) is 5.63. The molecule has 0 aliphatic carbocycles. The van der Waals surface area contributed by atoms with Crippen LogP contribution in [0.5, 0.6) is 5.75 Å². The summed E-state index contributed by atoms with van der Waals surface area (Å²) < 4.78 is 16.9. The van der Waals surface area contributed by atoms with Gasteiger partial charge in [-0.1, -0.05) is 6.07 Å². The number of hydrogen-bond donors (Lipinski definition) is 3. The van der Waals surface area contributed by atoms with Crippen LogP contribution in [0.15, 0.2) is 24.3 Å². The summed E-state index contributed by atoms with van der Waals surface area (Å²) in [5.74, 6) is -1.32. The third-order valence-corrected chi connectivity index (χ3v) is 3.96. The van der Waals surface area contributed by atoms with Crippen LogP contribution in [0.3, 0.4) is 0 Å². The largest absolute Gasteiger partial charge is 0.475 e. The van der Waals surface area contributed by atoms with E-state index in [0.29, 0.717) is 19.4 Å². The lowest BCUT2D eigenvalue weighted by Crippen LogP contribution is -2.52. The Morgan fingerprint density at radius 1 is 1.50 bits per heavy atom. The Morgan fingerprint density at radius 3 is 2.92 bits per heavy atom. The minimum absolute atomic E-state index is 0.215. The smallest absolute Gasteiger partial charge is 0.463 e. The molecule has 2 rings (SSSR count). The van der Waals surface area contributed by atoms with Crippen LogP contribution in [0.1, 0.15) is 30.1 Å². The van der Waals surface area contributed by atoms with Crippen molar-refractivity contribution in [3.05, 3.63) is 29.8 Å². The van der Waals surface area contributed by atoms with Crippen LogP contribution >= 0.6 is 0 Å². The summed E-state index contributed by atoms with van der Waals surface area (Å²) in [5, 5.41) is 21.2. The molecule has 1 aliphatic heterocycles. The Hall–Kier alpha value is -2.13. The van der Waals surface area contributed by atoms with Crippen LogP contribution < -0.4 is 10.1 Å². The molecule has 0 radical (unpaired) electrons. The molecule has 1 aromatic carbocycles. The van der Waals surface area contributed by atoms with Gasteiger partial charge in [-0.15, -0.1) is 0 Å². The molecular weight excluding hydrogens is 318 g/mol. The first-order chi connectivity index (χ1) is 11.4. The Morgan fingerprint density at radius 2 is 2.25 bits per heavy atom. The lowest BCUT2D eigenvalue weighted by Gasteiger charge is -2.27. The van der Waals surface area contributed by atoms with Gasteiger partial charge in [0.1, 0.15) is 11.8 Å². The summed E-state index contributed by atoms with van der Waals surface area (Å²) in [7, 11) is -1.60. The molecule has 0 aromatic heterocycles. The number of carbonyl (C=O) groups is 2. The van der Waals surface area contributed by atoms with E-state index in [0.717, 1.165) is 0 Å². The van der Waals surface area contributed by atoms with E-state index < -0.39 is 31.9 Å². The maximum absolute atomic E-state index is 12.4. The molecule has 9 heteroatoms. The van der Waals surface area contributed by atoms with Gasteiger partial charge in [-0.2, -0.15) is 0 Å². The van der Waals surface area contributed by atoms with E-state index in [4.69, 9.17) is 4.74 Å². The first-order valence-corrected chi connectivity index (χ1v) is 7.70. The predicted molar refractivity (Wildman–Crippen MR) is 84.9 cm³/mol. The van der Waals surface area contributed by atoms with E-state index in [2.05, 4.69) is 5.32 Å². The second kappa shape index (κ2) is 8.12. The molecule has 24 heavy (non-hydrogen) atoms. The van der Waals surface area contributed by atoms with Crippen LogP contribution in [0.4, 0.5) is 4.39 Å². The van der Waals surface area contributed by atoms with E-state index >= 15 is 0 Å². The SMILES string of the molecule is C[C@@H](NC(=O)c1cccc(OCF)c1)C(=O)N1CCC[C@H]1B(O)O. The maximum atomic E-state index is 12.4. The Kier molecular flexibility index (Phi) is 6.16.